The fourth-order valence-corrected chi connectivity index (χ4v) is 1.58. The van der Waals surface area contributed by atoms with E-state index in [4.69, 9.17) is 11.0 Å². The third-order valence-corrected chi connectivity index (χ3v) is 3.27. The summed E-state index contributed by atoms with van der Waals surface area (Å²) in [5, 5.41) is 11.4. The molecule has 108 valence electrons. The molecule has 1 rings (SSSR count). The van der Waals surface area contributed by atoms with Crippen molar-refractivity contribution in [1.82, 2.24) is 0 Å². The Morgan fingerprint density at radius 2 is 2.10 bits per heavy atom. The monoisotopic (exact) mass is 277 g/mol. The van der Waals surface area contributed by atoms with Gasteiger partial charge >= 0.3 is 0 Å². The summed E-state index contributed by atoms with van der Waals surface area (Å²) in [6.45, 7) is 7.40. The summed E-state index contributed by atoms with van der Waals surface area (Å²) < 4.78 is 13.6. The highest BCUT2D eigenvalue weighted by Crippen LogP contribution is 2.23. The average Bonchev–Trinajstić information content (AvgIpc) is 2.33. The van der Waals surface area contributed by atoms with Crippen LogP contribution in [0.25, 0.3) is 0 Å². The summed E-state index contributed by atoms with van der Waals surface area (Å²) in [4.78, 5) is 11.9. The minimum Gasteiger partial charge on any atom is -0.327 e. The normalized spacial score (nSPS) is 12.7. The van der Waals surface area contributed by atoms with Crippen molar-refractivity contribution in [3.05, 3.63) is 29.1 Å². The fourth-order valence-electron chi connectivity index (χ4n) is 1.58. The van der Waals surface area contributed by atoms with Crippen LogP contribution in [0.2, 0.25) is 0 Å². The third kappa shape index (κ3) is 4.04. The van der Waals surface area contributed by atoms with Gasteiger partial charge in [-0.2, -0.15) is 5.26 Å². The summed E-state index contributed by atoms with van der Waals surface area (Å²) in [6, 6.07) is 4.16. The van der Waals surface area contributed by atoms with Crippen molar-refractivity contribution in [3.8, 4) is 6.07 Å². The van der Waals surface area contributed by atoms with Crippen LogP contribution < -0.4 is 11.1 Å². The van der Waals surface area contributed by atoms with Crippen molar-refractivity contribution in [1.29, 1.82) is 5.26 Å². The van der Waals surface area contributed by atoms with Crippen LogP contribution in [-0.4, -0.2) is 11.9 Å². The lowest BCUT2D eigenvalue weighted by Crippen LogP contribution is -2.38. The number of rotatable bonds is 3. The summed E-state index contributed by atoms with van der Waals surface area (Å²) in [7, 11) is 0. The van der Waals surface area contributed by atoms with E-state index in [0.29, 0.717) is 11.3 Å². The molecule has 4 nitrogen and oxygen atoms in total. The Kier molecular flexibility index (Phi) is 4.85. The third-order valence-electron chi connectivity index (χ3n) is 3.27. The Morgan fingerprint density at radius 3 is 2.60 bits per heavy atom. The van der Waals surface area contributed by atoms with Gasteiger partial charge in [-0.1, -0.05) is 20.8 Å². The molecule has 0 bridgehead atoms. The molecule has 1 aromatic carbocycles. The van der Waals surface area contributed by atoms with E-state index >= 15 is 0 Å². The first-order valence-corrected chi connectivity index (χ1v) is 6.41. The lowest BCUT2D eigenvalue weighted by Gasteiger charge is -2.26. The largest absolute Gasteiger partial charge is 0.327 e. The van der Waals surface area contributed by atoms with Crippen LogP contribution in [0.15, 0.2) is 12.1 Å². The van der Waals surface area contributed by atoms with Crippen LogP contribution >= 0.6 is 0 Å². The molecule has 0 aromatic heterocycles. The Hall–Kier alpha value is -1.93. The number of nitrogens with zero attached hydrogens (tertiary/aromatic N) is 1. The number of benzene rings is 1. The molecule has 0 aliphatic carbocycles. The number of carbonyl (C=O) groups is 1. The maximum absolute atomic E-state index is 13.6. The van der Waals surface area contributed by atoms with Crippen molar-refractivity contribution >= 4 is 11.6 Å². The van der Waals surface area contributed by atoms with Gasteiger partial charge in [0.25, 0.3) is 0 Å². The van der Waals surface area contributed by atoms with E-state index in [1.807, 2.05) is 26.8 Å². The second kappa shape index (κ2) is 6.02. The molecule has 1 unspecified atom stereocenters. The Labute approximate surface area is 118 Å². The summed E-state index contributed by atoms with van der Waals surface area (Å²) >= 11 is 0. The lowest BCUT2D eigenvalue weighted by atomic mass is 9.85. The molecule has 1 amide bonds. The summed E-state index contributed by atoms with van der Waals surface area (Å²) in [6.07, 6.45) is 0.140. The maximum Gasteiger partial charge on any atom is 0.225 e. The van der Waals surface area contributed by atoms with Gasteiger partial charge in [-0.3, -0.25) is 4.79 Å². The Bertz CT molecular complexity index is 555. The molecule has 0 saturated carbocycles. The first kappa shape index (κ1) is 16.1. The van der Waals surface area contributed by atoms with E-state index in [1.54, 1.807) is 6.92 Å². The number of carbonyl (C=O) groups excluding carboxylic acids is 1. The Balaban J connectivity index is 2.87. The van der Waals surface area contributed by atoms with Gasteiger partial charge in [0, 0.05) is 23.7 Å². The number of nitrogens with one attached hydrogen (secondary N) is 1. The second-order valence-corrected chi connectivity index (χ2v) is 5.97. The Morgan fingerprint density at radius 1 is 1.50 bits per heavy atom. The molecule has 5 heteroatoms. The van der Waals surface area contributed by atoms with Gasteiger partial charge in [0.2, 0.25) is 5.91 Å². The van der Waals surface area contributed by atoms with Crippen molar-refractivity contribution in [2.24, 2.45) is 11.1 Å². The average molecular weight is 277 g/mol. The van der Waals surface area contributed by atoms with E-state index in [1.165, 1.54) is 6.07 Å². The number of nitrogens with two attached hydrogens (primary N) is 1. The standard InChI is InChI=1S/C15H20FN3O/c1-9-11(16)5-10(8-17)6-12(9)19-14(20)7-13(18)15(2,3)4/h5-6,13H,7,18H2,1-4H3,(H,19,20). The van der Waals surface area contributed by atoms with Gasteiger partial charge in [0.05, 0.1) is 11.6 Å². The van der Waals surface area contributed by atoms with Crippen LogP contribution in [0.4, 0.5) is 10.1 Å². The lowest BCUT2D eigenvalue weighted by molar-refractivity contribution is -0.117. The zero-order valence-electron chi connectivity index (χ0n) is 12.2. The number of halogens is 1. The molecular formula is C15H20FN3O. The number of hydrogen-bond donors (Lipinski definition) is 2. The van der Waals surface area contributed by atoms with Crippen molar-refractivity contribution < 1.29 is 9.18 Å². The number of anilines is 1. The molecule has 1 atom stereocenters. The first-order chi connectivity index (χ1) is 9.15. The SMILES string of the molecule is Cc1c(F)cc(C#N)cc1NC(=O)CC(N)C(C)(C)C. The first-order valence-electron chi connectivity index (χ1n) is 6.41. The molecule has 0 radical (unpaired) electrons. The van der Waals surface area contributed by atoms with Gasteiger partial charge in [-0.25, -0.2) is 4.39 Å². The highest BCUT2D eigenvalue weighted by molar-refractivity contribution is 5.92. The fraction of sp³-hybridized carbons (Fsp3) is 0.467. The van der Waals surface area contributed by atoms with Gasteiger partial charge in [0.1, 0.15) is 5.82 Å². The van der Waals surface area contributed by atoms with Crippen LogP contribution in [-0.2, 0) is 4.79 Å². The molecule has 0 aliphatic rings. The minimum absolute atomic E-state index is 0.140. The number of amides is 1. The van der Waals surface area contributed by atoms with Crippen molar-refractivity contribution in [2.75, 3.05) is 5.32 Å². The van der Waals surface area contributed by atoms with Crippen molar-refractivity contribution in [2.45, 2.75) is 40.2 Å². The quantitative estimate of drug-likeness (QED) is 0.891. The molecular weight excluding hydrogens is 257 g/mol. The van der Waals surface area contributed by atoms with E-state index < -0.39 is 5.82 Å². The summed E-state index contributed by atoms with van der Waals surface area (Å²) in [5.41, 5.74) is 6.54. The molecule has 1 aromatic rings. The molecule has 0 fully saturated rings. The molecule has 20 heavy (non-hydrogen) atoms. The summed E-state index contributed by atoms with van der Waals surface area (Å²) in [5.74, 6) is -0.801. The minimum atomic E-state index is -0.514. The van der Waals surface area contributed by atoms with Crippen LogP contribution in [0.3, 0.4) is 0 Å². The van der Waals surface area contributed by atoms with Gasteiger partial charge in [-0.15, -0.1) is 0 Å². The van der Waals surface area contributed by atoms with E-state index in [0.717, 1.165) is 6.07 Å². The topological polar surface area (TPSA) is 78.9 Å². The van der Waals surface area contributed by atoms with E-state index in [2.05, 4.69) is 5.32 Å². The predicted octanol–water partition coefficient (Wildman–Crippen LogP) is 2.71. The molecule has 0 saturated heterocycles. The second-order valence-electron chi connectivity index (χ2n) is 5.97. The predicted molar refractivity (Wildman–Crippen MR) is 76.5 cm³/mol. The molecule has 0 aliphatic heterocycles. The van der Waals surface area contributed by atoms with Crippen LogP contribution in [0, 0.1) is 29.5 Å². The van der Waals surface area contributed by atoms with E-state index in [-0.39, 0.29) is 29.3 Å². The highest BCUT2D eigenvalue weighted by atomic mass is 19.1. The van der Waals surface area contributed by atoms with Crippen molar-refractivity contribution in [3.63, 3.8) is 0 Å². The van der Waals surface area contributed by atoms with Gasteiger partial charge in [0.15, 0.2) is 0 Å². The van der Waals surface area contributed by atoms with Gasteiger partial charge in [-0.05, 0) is 24.5 Å². The number of nitriles is 1. The van der Waals surface area contributed by atoms with E-state index in [9.17, 15) is 9.18 Å². The zero-order valence-corrected chi connectivity index (χ0v) is 12.2. The highest BCUT2D eigenvalue weighted by Gasteiger charge is 2.23. The molecule has 0 spiro atoms. The molecule has 3 N–H and O–H groups in total. The maximum atomic E-state index is 13.6. The number of hydrogen-bond acceptors (Lipinski definition) is 3. The zero-order chi connectivity index (χ0) is 15.5. The van der Waals surface area contributed by atoms with Gasteiger partial charge < -0.3 is 11.1 Å². The van der Waals surface area contributed by atoms with Crippen LogP contribution in [0.5, 0.6) is 0 Å². The molecule has 0 heterocycles. The van der Waals surface area contributed by atoms with Crippen LogP contribution in [0.1, 0.15) is 38.3 Å². The smallest absolute Gasteiger partial charge is 0.225 e.